The first-order valence-electron chi connectivity index (χ1n) is 9.06. The molecule has 8 nitrogen and oxygen atoms in total. The smallest absolute Gasteiger partial charge is 0.253 e. The van der Waals surface area contributed by atoms with Crippen molar-refractivity contribution in [2.75, 3.05) is 43.8 Å². The number of nitrogens with one attached hydrogen (secondary N) is 2. The molecule has 152 valence electrons. The van der Waals surface area contributed by atoms with Crippen LogP contribution in [0.25, 0.3) is 0 Å². The molecule has 0 radical (unpaired) electrons. The van der Waals surface area contributed by atoms with E-state index in [9.17, 15) is 13.2 Å². The van der Waals surface area contributed by atoms with Crippen LogP contribution in [-0.2, 0) is 14.8 Å². The Balaban J connectivity index is 1.75. The molecule has 1 aliphatic heterocycles. The molecule has 1 fully saturated rings. The van der Waals surface area contributed by atoms with E-state index in [1.54, 1.807) is 24.3 Å². The molecule has 28 heavy (non-hydrogen) atoms. The van der Waals surface area contributed by atoms with E-state index >= 15 is 0 Å². The summed E-state index contributed by atoms with van der Waals surface area (Å²) >= 11 is 0. The Hall–Kier alpha value is -2.36. The summed E-state index contributed by atoms with van der Waals surface area (Å²) in [7, 11) is -3.49. The Morgan fingerprint density at radius 2 is 1.89 bits per heavy atom. The Kier molecular flexibility index (Phi) is 6.38. The fourth-order valence-electron chi connectivity index (χ4n) is 3.19. The summed E-state index contributed by atoms with van der Waals surface area (Å²) in [5.74, 6) is 1.23. The molecule has 1 atom stereocenters. The number of ether oxygens (including phenoxy) is 1. The number of benzene rings is 1. The van der Waals surface area contributed by atoms with Gasteiger partial charge in [-0.15, -0.1) is 0 Å². The SMILES string of the molecule is Cc1ccc(C(CNC(=O)c2ccccc2NS(C)(=O)=O)N2CCOCC2)o1. The van der Waals surface area contributed by atoms with Gasteiger partial charge >= 0.3 is 0 Å². The number of amides is 1. The van der Waals surface area contributed by atoms with Crippen LogP contribution in [0.15, 0.2) is 40.8 Å². The number of sulfonamides is 1. The summed E-state index contributed by atoms with van der Waals surface area (Å²) in [4.78, 5) is 15.0. The number of anilines is 1. The van der Waals surface area contributed by atoms with Gasteiger partial charge in [0, 0.05) is 19.6 Å². The van der Waals surface area contributed by atoms with Crippen molar-refractivity contribution in [3.05, 3.63) is 53.5 Å². The maximum atomic E-state index is 12.8. The van der Waals surface area contributed by atoms with Gasteiger partial charge in [0.05, 0.1) is 36.8 Å². The zero-order valence-electron chi connectivity index (χ0n) is 16.0. The van der Waals surface area contributed by atoms with Crippen LogP contribution in [0.5, 0.6) is 0 Å². The molecular weight excluding hydrogens is 382 g/mol. The summed E-state index contributed by atoms with van der Waals surface area (Å²) in [6.45, 7) is 4.96. The molecule has 1 saturated heterocycles. The van der Waals surface area contributed by atoms with Crippen LogP contribution < -0.4 is 10.0 Å². The van der Waals surface area contributed by atoms with E-state index in [2.05, 4.69) is 14.9 Å². The highest BCUT2D eigenvalue weighted by atomic mass is 32.2. The topological polar surface area (TPSA) is 101 Å². The summed E-state index contributed by atoms with van der Waals surface area (Å²) in [5, 5.41) is 2.91. The van der Waals surface area contributed by atoms with Crippen LogP contribution in [-0.4, -0.2) is 58.3 Å². The minimum absolute atomic E-state index is 0.128. The quantitative estimate of drug-likeness (QED) is 0.725. The maximum absolute atomic E-state index is 12.8. The van der Waals surface area contributed by atoms with Crippen LogP contribution in [0.4, 0.5) is 5.69 Å². The van der Waals surface area contributed by atoms with Crippen molar-refractivity contribution >= 4 is 21.6 Å². The number of rotatable bonds is 7. The lowest BCUT2D eigenvalue weighted by atomic mass is 10.1. The normalized spacial score (nSPS) is 16.5. The number of nitrogens with zero attached hydrogens (tertiary/aromatic N) is 1. The van der Waals surface area contributed by atoms with E-state index < -0.39 is 10.0 Å². The predicted molar refractivity (Wildman–Crippen MR) is 106 cm³/mol. The molecule has 1 amide bonds. The second-order valence-electron chi connectivity index (χ2n) is 6.74. The first-order valence-corrected chi connectivity index (χ1v) is 11.0. The molecule has 0 saturated carbocycles. The van der Waals surface area contributed by atoms with Crippen LogP contribution in [0, 0.1) is 6.92 Å². The monoisotopic (exact) mass is 407 g/mol. The van der Waals surface area contributed by atoms with Crippen molar-refractivity contribution in [2.45, 2.75) is 13.0 Å². The first kappa shape index (κ1) is 20.4. The van der Waals surface area contributed by atoms with Crippen molar-refractivity contribution in [3.63, 3.8) is 0 Å². The van der Waals surface area contributed by atoms with Crippen molar-refractivity contribution in [1.29, 1.82) is 0 Å². The number of carbonyl (C=O) groups excluding carboxylic acids is 1. The van der Waals surface area contributed by atoms with Gasteiger partial charge in [-0.05, 0) is 31.2 Å². The van der Waals surface area contributed by atoms with Gasteiger partial charge in [-0.25, -0.2) is 8.42 Å². The van der Waals surface area contributed by atoms with Crippen LogP contribution >= 0.6 is 0 Å². The third kappa shape index (κ3) is 5.34. The van der Waals surface area contributed by atoms with Crippen LogP contribution in [0.2, 0.25) is 0 Å². The predicted octanol–water partition coefficient (Wildman–Crippen LogP) is 1.76. The van der Waals surface area contributed by atoms with Gasteiger partial charge in [-0.3, -0.25) is 14.4 Å². The van der Waals surface area contributed by atoms with Gasteiger partial charge in [0.15, 0.2) is 0 Å². The van der Waals surface area contributed by atoms with Crippen molar-refractivity contribution in [2.24, 2.45) is 0 Å². The summed E-state index contributed by atoms with van der Waals surface area (Å²) in [5.41, 5.74) is 0.517. The van der Waals surface area contributed by atoms with E-state index in [4.69, 9.17) is 9.15 Å². The van der Waals surface area contributed by atoms with Gasteiger partial charge in [0.25, 0.3) is 5.91 Å². The van der Waals surface area contributed by atoms with E-state index in [1.807, 2.05) is 19.1 Å². The molecule has 2 N–H and O–H groups in total. The molecule has 2 heterocycles. The lowest BCUT2D eigenvalue weighted by Gasteiger charge is -2.33. The second kappa shape index (κ2) is 8.76. The zero-order chi connectivity index (χ0) is 20.1. The zero-order valence-corrected chi connectivity index (χ0v) is 16.8. The van der Waals surface area contributed by atoms with Crippen LogP contribution in [0.3, 0.4) is 0 Å². The van der Waals surface area contributed by atoms with Gasteiger partial charge in [-0.2, -0.15) is 0 Å². The van der Waals surface area contributed by atoms with E-state index in [1.165, 1.54) is 0 Å². The molecule has 1 unspecified atom stereocenters. The van der Waals surface area contributed by atoms with E-state index in [0.717, 1.165) is 30.9 Å². The van der Waals surface area contributed by atoms with Gasteiger partial charge in [-0.1, -0.05) is 12.1 Å². The standard InChI is InChI=1S/C19H25N3O5S/c1-14-7-8-18(27-14)17(22-9-11-26-12-10-22)13-20-19(23)15-5-3-4-6-16(15)21-28(2,24)25/h3-8,17,21H,9-13H2,1-2H3,(H,20,23). The molecule has 0 bridgehead atoms. The molecule has 2 aromatic rings. The number of aryl methyl sites for hydroxylation is 1. The van der Waals surface area contributed by atoms with Crippen LogP contribution in [0.1, 0.15) is 27.9 Å². The molecule has 0 spiro atoms. The van der Waals surface area contributed by atoms with Gasteiger partial charge in [0.2, 0.25) is 10.0 Å². The van der Waals surface area contributed by atoms with Crippen molar-refractivity contribution in [1.82, 2.24) is 10.2 Å². The van der Waals surface area contributed by atoms with Gasteiger partial charge < -0.3 is 14.5 Å². The first-order chi connectivity index (χ1) is 13.3. The molecule has 0 aliphatic carbocycles. The van der Waals surface area contributed by atoms with Crippen molar-refractivity contribution < 1.29 is 22.4 Å². The Labute approximate surface area is 164 Å². The summed E-state index contributed by atoms with van der Waals surface area (Å²) in [6, 6.07) is 10.2. The van der Waals surface area contributed by atoms with Crippen molar-refractivity contribution in [3.8, 4) is 0 Å². The average Bonchev–Trinajstić information content (AvgIpc) is 3.08. The number of hydrogen-bond donors (Lipinski definition) is 2. The fourth-order valence-corrected chi connectivity index (χ4v) is 3.76. The maximum Gasteiger partial charge on any atom is 0.253 e. The second-order valence-corrected chi connectivity index (χ2v) is 8.49. The number of para-hydroxylation sites is 1. The number of morpholine rings is 1. The highest BCUT2D eigenvalue weighted by Gasteiger charge is 2.26. The number of carbonyl (C=O) groups is 1. The number of hydrogen-bond acceptors (Lipinski definition) is 6. The van der Waals surface area contributed by atoms with E-state index in [0.29, 0.717) is 19.8 Å². The van der Waals surface area contributed by atoms with Gasteiger partial charge in [0.1, 0.15) is 11.5 Å². The Bertz CT molecular complexity index is 919. The average molecular weight is 407 g/mol. The summed E-state index contributed by atoms with van der Waals surface area (Å²) in [6.07, 6.45) is 1.05. The fraction of sp³-hybridized carbons (Fsp3) is 0.421. The lowest BCUT2D eigenvalue weighted by Crippen LogP contribution is -2.43. The molecule has 1 aromatic heterocycles. The lowest BCUT2D eigenvalue weighted by molar-refractivity contribution is 0.0117. The molecular formula is C19H25N3O5S. The minimum Gasteiger partial charge on any atom is -0.465 e. The Morgan fingerprint density at radius 3 is 2.54 bits per heavy atom. The molecule has 3 rings (SSSR count). The summed E-state index contributed by atoms with van der Waals surface area (Å²) < 4.78 is 36.7. The Morgan fingerprint density at radius 1 is 1.18 bits per heavy atom. The molecule has 1 aliphatic rings. The minimum atomic E-state index is -3.49. The molecule has 1 aromatic carbocycles. The molecule has 9 heteroatoms. The van der Waals surface area contributed by atoms with E-state index in [-0.39, 0.29) is 23.2 Å². The highest BCUT2D eigenvalue weighted by Crippen LogP contribution is 2.24. The highest BCUT2D eigenvalue weighted by molar-refractivity contribution is 7.92. The third-order valence-electron chi connectivity index (χ3n) is 4.50. The third-order valence-corrected chi connectivity index (χ3v) is 5.09. The largest absolute Gasteiger partial charge is 0.465 e. The number of furan rings is 1.